The van der Waals surface area contributed by atoms with E-state index in [1.807, 2.05) is 22.8 Å². The summed E-state index contributed by atoms with van der Waals surface area (Å²) in [4.78, 5) is 21.0. The second-order valence-corrected chi connectivity index (χ2v) is 6.22. The van der Waals surface area contributed by atoms with Gasteiger partial charge in [-0.1, -0.05) is 30.3 Å². The fraction of sp³-hybridized carbons (Fsp3) is 0.278. The van der Waals surface area contributed by atoms with Crippen molar-refractivity contribution in [1.82, 2.24) is 19.9 Å². The first-order valence-electron chi connectivity index (χ1n) is 8.03. The number of hydrogen-bond acceptors (Lipinski definition) is 4. The van der Waals surface area contributed by atoms with Crippen LogP contribution in [0.2, 0.25) is 0 Å². The fourth-order valence-electron chi connectivity index (χ4n) is 2.94. The maximum atomic E-state index is 12.2. The maximum Gasteiger partial charge on any atom is 0.253 e. The van der Waals surface area contributed by atoms with Gasteiger partial charge in [0.15, 0.2) is 5.65 Å². The van der Waals surface area contributed by atoms with Crippen LogP contribution in [0.15, 0.2) is 48.9 Å². The molecule has 1 amide bonds. The molecule has 2 aromatic heterocycles. The number of hydrogen-bond donors (Lipinski definition) is 2. The number of pyridine rings is 1. The molecule has 1 aliphatic carbocycles. The van der Waals surface area contributed by atoms with Crippen molar-refractivity contribution >= 4 is 17.1 Å². The number of nitrogens with zero attached hydrogens (tertiary/aromatic N) is 3. The highest BCUT2D eigenvalue weighted by atomic mass is 16.3. The summed E-state index contributed by atoms with van der Waals surface area (Å²) in [5.74, 6) is -0.168. The first-order chi connectivity index (χ1) is 11.7. The van der Waals surface area contributed by atoms with E-state index in [0.717, 1.165) is 5.65 Å². The predicted molar refractivity (Wildman–Crippen MR) is 89.6 cm³/mol. The number of carbonyl (C=O) groups excluding carboxylic acids is 1. The fourth-order valence-corrected chi connectivity index (χ4v) is 2.94. The van der Waals surface area contributed by atoms with Gasteiger partial charge in [-0.15, -0.1) is 0 Å². The standard InChI is InChI=1S/C18H18N4O2/c23-15-7-14(8-15)21-18(24)13-6-16-17(19-9-13)22(11-20-16)10-12-4-2-1-3-5-12/h1-6,9,11,14-15,23H,7-8,10H2,(H,21,24). The Kier molecular flexibility index (Phi) is 3.74. The van der Waals surface area contributed by atoms with Gasteiger partial charge in [-0.2, -0.15) is 0 Å². The number of aliphatic hydroxyl groups excluding tert-OH is 1. The smallest absolute Gasteiger partial charge is 0.253 e. The molecule has 122 valence electrons. The van der Waals surface area contributed by atoms with Crippen LogP contribution in [-0.4, -0.2) is 37.7 Å². The Morgan fingerprint density at radius 1 is 1.25 bits per heavy atom. The number of carbonyl (C=O) groups is 1. The Hall–Kier alpha value is -2.73. The van der Waals surface area contributed by atoms with Crippen LogP contribution in [0, 0.1) is 0 Å². The summed E-state index contributed by atoms with van der Waals surface area (Å²) in [6.07, 6.45) is 4.27. The van der Waals surface area contributed by atoms with Gasteiger partial charge in [0.05, 0.1) is 24.5 Å². The number of rotatable bonds is 4. The summed E-state index contributed by atoms with van der Waals surface area (Å²) < 4.78 is 1.97. The Morgan fingerprint density at radius 3 is 2.79 bits per heavy atom. The third-order valence-corrected chi connectivity index (χ3v) is 4.36. The largest absolute Gasteiger partial charge is 0.393 e. The summed E-state index contributed by atoms with van der Waals surface area (Å²) >= 11 is 0. The van der Waals surface area contributed by atoms with Crippen molar-refractivity contribution in [2.45, 2.75) is 31.5 Å². The lowest BCUT2D eigenvalue weighted by Gasteiger charge is -2.31. The average molecular weight is 322 g/mol. The first-order valence-corrected chi connectivity index (χ1v) is 8.03. The topological polar surface area (TPSA) is 80.0 Å². The lowest BCUT2D eigenvalue weighted by molar-refractivity contribution is 0.0562. The molecule has 6 heteroatoms. The highest BCUT2D eigenvalue weighted by molar-refractivity contribution is 5.96. The molecule has 4 rings (SSSR count). The molecule has 0 aliphatic heterocycles. The summed E-state index contributed by atoms with van der Waals surface area (Å²) in [5, 5.41) is 12.2. The van der Waals surface area contributed by atoms with E-state index < -0.39 is 0 Å². The molecule has 1 aromatic carbocycles. The van der Waals surface area contributed by atoms with Crippen LogP contribution in [0.25, 0.3) is 11.2 Å². The SMILES string of the molecule is O=C(NC1CC(O)C1)c1cnc2c(c1)ncn2Cc1ccccc1. The van der Waals surface area contributed by atoms with Gasteiger partial charge in [0.25, 0.3) is 5.91 Å². The Labute approximate surface area is 139 Å². The monoisotopic (exact) mass is 322 g/mol. The Bertz CT molecular complexity index is 869. The highest BCUT2D eigenvalue weighted by Crippen LogP contribution is 2.20. The number of imidazole rings is 1. The molecule has 0 bridgehead atoms. The number of aliphatic hydroxyl groups is 1. The third-order valence-electron chi connectivity index (χ3n) is 4.36. The van der Waals surface area contributed by atoms with E-state index in [1.165, 1.54) is 5.56 Å². The van der Waals surface area contributed by atoms with E-state index in [1.54, 1.807) is 18.6 Å². The van der Waals surface area contributed by atoms with Crippen molar-refractivity contribution < 1.29 is 9.90 Å². The van der Waals surface area contributed by atoms with Gasteiger partial charge in [0, 0.05) is 12.2 Å². The molecule has 3 aromatic rings. The van der Waals surface area contributed by atoms with Gasteiger partial charge in [-0.3, -0.25) is 4.79 Å². The van der Waals surface area contributed by atoms with E-state index in [4.69, 9.17) is 0 Å². The van der Waals surface area contributed by atoms with Crippen molar-refractivity contribution in [2.24, 2.45) is 0 Å². The van der Waals surface area contributed by atoms with Crippen LogP contribution in [0.3, 0.4) is 0 Å². The zero-order valence-electron chi connectivity index (χ0n) is 13.1. The molecule has 24 heavy (non-hydrogen) atoms. The molecular weight excluding hydrogens is 304 g/mol. The zero-order chi connectivity index (χ0) is 16.5. The molecule has 0 unspecified atom stereocenters. The van der Waals surface area contributed by atoms with Gasteiger partial charge >= 0.3 is 0 Å². The molecule has 0 saturated heterocycles. The minimum absolute atomic E-state index is 0.0545. The van der Waals surface area contributed by atoms with Crippen LogP contribution >= 0.6 is 0 Å². The number of fused-ring (bicyclic) bond motifs is 1. The van der Waals surface area contributed by atoms with E-state index in [-0.39, 0.29) is 18.1 Å². The molecule has 2 N–H and O–H groups in total. The van der Waals surface area contributed by atoms with Crippen molar-refractivity contribution in [3.05, 3.63) is 60.0 Å². The van der Waals surface area contributed by atoms with Gasteiger partial charge in [-0.05, 0) is 24.5 Å². The Balaban J connectivity index is 1.53. The van der Waals surface area contributed by atoms with Crippen LogP contribution in [0.4, 0.5) is 0 Å². The van der Waals surface area contributed by atoms with Gasteiger partial charge in [0.2, 0.25) is 0 Å². The van der Waals surface area contributed by atoms with E-state index in [0.29, 0.717) is 30.5 Å². The Morgan fingerprint density at radius 2 is 2.04 bits per heavy atom. The summed E-state index contributed by atoms with van der Waals surface area (Å²) in [7, 11) is 0. The molecule has 0 spiro atoms. The minimum Gasteiger partial charge on any atom is -0.393 e. The first kappa shape index (κ1) is 14.8. The van der Waals surface area contributed by atoms with E-state index in [9.17, 15) is 9.90 Å². The number of nitrogens with one attached hydrogen (secondary N) is 1. The number of benzene rings is 1. The van der Waals surface area contributed by atoms with Crippen LogP contribution in [-0.2, 0) is 6.54 Å². The maximum absolute atomic E-state index is 12.2. The molecule has 6 nitrogen and oxygen atoms in total. The van der Waals surface area contributed by atoms with Crippen LogP contribution in [0.1, 0.15) is 28.8 Å². The summed E-state index contributed by atoms with van der Waals surface area (Å²) in [5.41, 5.74) is 3.12. The molecule has 0 radical (unpaired) electrons. The summed E-state index contributed by atoms with van der Waals surface area (Å²) in [6, 6.07) is 11.9. The highest BCUT2D eigenvalue weighted by Gasteiger charge is 2.28. The molecule has 1 saturated carbocycles. The van der Waals surface area contributed by atoms with Crippen LogP contribution < -0.4 is 5.32 Å². The van der Waals surface area contributed by atoms with Crippen molar-refractivity contribution in [2.75, 3.05) is 0 Å². The van der Waals surface area contributed by atoms with Gasteiger partial charge in [0.1, 0.15) is 5.52 Å². The molecule has 1 aliphatic rings. The van der Waals surface area contributed by atoms with Crippen molar-refractivity contribution in [1.29, 1.82) is 0 Å². The lowest BCUT2D eigenvalue weighted by Crippen LogP contribution is -2.46. The second-order valence-electron chi connectivity index (χ2n) is 6.22. The van der Waals surface area contributed by atoms with Crippen molar-refractivity contribution in [3.63, 3.8) is 0 Å². The normalized spacial score (nSPS) is 19.9. The van der Waals surface area contributed by atoms with Crippen LogP contribution in [0.5, 0.6) is 0 Å². The number of aromatic nitrogens is 3. The van der Waals surface area contributed by atoms with Gasteiger partial charge < -0.3 is 15.0 Å². The zero-order valence-corrected chi connectivity index (χ0v) is 13.1. The van der Waals surface area contributed by atoms with Crippen molar-refractivity contribution in [3.8, 4) is 0 Å². The molecule has 1 fully saturated rings. The second kappa shape index (κ2) is 6.05. The van der Waals surface area contributed by atoms with Gasteiger partial charge in [-0.25, -0.2) is 9.97 Å². The number of amides is 1. The molecular formula is C18H18N4O2. The molecule has 2 heterocycles. The predicted octanol–water partition coefficient (Wildman–Crippen LogP) is 1.73. The minimum atomic E-state index is -0.287. The summed E-state index contributed by atoms with van der Waals surface area (Å²) in [6.45, 7) is 0.690. The van der Waals surface area contributed by atoms with E-state index >= 15 is 0 Å². The lowest BCUT2D eigenvalue weighted by atomic mass is 9.89. The average Bonchev–Trinajstić information content (AvgIpc) is 2.96. The quantitative estimate of drug-likeness (QED) is 0.767. The van der Waals surface area contributed by atoms with E-state index in [2.05, 4.69) is 27.4 Å². The molecule has 0 atom stereocenters. The third kappa shape index (κ3) is 2.88.